The Balaban J connectivity index is 1.92. The Morgan fingerprint density at radius 1 is 1.21 bits per heavy atom. The van der Waals surface area contributed by atoms with Gasteiger partial charge in [-0.1, -0.05) is 25.5 Å². The number of Topliss-reactive ketones (excluding diaryl/α,β-unsaturated/α-hetero) is 1. The van der Waals surface area contributed by atoms with Crippen LogP contribution in [-0.4, -0.2) is 5.78 Å². The van der Waals surface area contributed by atoms with Gasteiger partial charge >= 0.3 is 6.18 Å². The van der Waals surface area contributed by atoms with Crippen LogP contribution in [-0.2, 0) is 17.4 Å². The summed E-state index contributed by atoms with van der Waals surface area (Å²) in [7, 11) is 0. The monoisotopic (exact) mass is 471 g/mol. The lowest BCUT2D eigenvalue weighted by Gasteiger charge is -2.40. The summed E-state index contributed by atoms with van der Waals surface area (Å²) >= 11 is 1.54. The molecule has 4 rings (SSSR count). The van der Waals surface area contributed by atoms with Gasteiger partial charge in [0.2, 0.25) is 0 Å². The number of hydrogen-bond donors (Lipinski definition) is 1. The number of aryl methyl sites for hydroxylation is 1. The number of halogens is 3. The summed E-state index contributed by atoms with van der Waals surface area (Å²) in [6, 6.07) is 11.2. The number of anilines is 1. The van der Waals surface area contributed by atoms with Crippen molar-refractivity contribution in [1.82, 2.24) is 0 Å². The molecule has 0 amide bonds. The molecule has 8 heteroatoms. The van der Waals surface area contributed by atoms with Gasteiger partial charge in [0.25, 0.3) is 0 Å². The van der Waals surface area contributed by atoms with Gasteiger partial charge in [-0.15, -0.1) is 11.3 Å². The van der Waals surface area contributed by atoms with Crippen molar-refractivity contribution in [2.75, 3.05) is 4.90 Å². The van der Waals surface area contributed by atoms with E-state index in [0.29, 0.717) is 30.5 Å². The van der Waals surface area contributed by atoms with Crippen LogP contribution in [0.1, 0.15) is 60.3 Å². The molecule has 0 bridgehead atoms. The Morgan fingerprint density at radius 3 is 2.67 bits per heavy atom. The Hall–Kier alpha value is -3.05. The molecule has 4 nitrogen and oxygen atoms in total. The zero-order valence-electron chi connectivity index (χ0n) is 18.2. The SMILES string of the molecule is CCCCc1ccc(C2C(C#N)=C(N)N(c3ccccc3C(F)(F)F)C3=C2C(=O)CCC3)s1. The van der Waals surface area contributed by atoms with Crippen LogP contribution in [0.5, 0.6) is 0 Å². The Labute approximate surface area is 194 Å². The third kappa shape index (κ3) is 4.18. The number of alkyl halides is 3. The zero-order valence-corrected chi connectivity index (χ0v) is 19.0. The predicted molar refractivity (Wildman–Crippen MR) is 122 cm³/mol. The third-order valence-corrected chi connectivity index (χ3v) is 7.32. The van der Waals surface area contributed by atoms with Gasteiger partial charge < -0.3 is 5.73 Å². The summed E-state index contributed by atoms with van der Waals surface area (Å²) in [5.74, 6) is -0.830. The Morgan fingerprint density at radius 2 is 1.97 bits per heavy atom. The molecule has 2 aromatic rings. The van der Waals surface area contributed by atoms with Crippen LogP contribution in [0.25, 0.3) is 0 Å². The average Bonchev–Trinajstić information content (AvgIpc) is 3.25. The number of nitriles is 1. The van der Waals surface area contributed by atoms with E-state index in [4.69, 9.17) is 5.73 Å². The molecule has 1 aliphatic carbocycles. The summed E-state index contributed by atoms with van der Waals surface area (Å²) in [4.78, 5) is 16.4. The average molecular weight is 472 g/mol. The lowest BCUT2D eigenvalue weighted by Crippen LogP contribution is -2.39. The molecular weight excluding hydrogens is 447 g/mol. The smallest absolute Gasteiger partial charge is 0.384 e. The highest BCUT2D eigenvalue weighted by Gasteiger charge is 2.43. The van der Waals surface area contributed by atoms with Crippen molar-refractivity contribution in [1.29, 1.82) is 5.26 Å². The zero-order chi connectivity index (χ0) is 23.8. The van der Waals surface area contributed by atoms with E-state index in [1.54, 1.807) is 0 Å². The topological polar surface area (TPSA) is 70.1 Å². The van der Waals surface area contributed by atoms with Crippen molar-refractivity contribution in [2.24, 2.45) is 5.73 Å². The molecule has 2 aliphatic rings. The van der Waals surface area contributed by atoms with Gasteiger partial charge in [-0.25, -0.2) is 0 Å². The maximum absolute atomic E-state index is 13.8. The van der Waals surface area contributed by atoms with E-state index in [9.17, 15) is 23.2 Å². The fourth-order valence-electron chi connectivity index (χ4n) is 4.59. The largest absolute Gasteiger partial charge is 0.418 e. The van der Waals surface area contributed by atoms with E-state index in [-0.39, 0.29) is 22.9 Å². The van der Waals surface area contributed by atoms with Crippen LogP contribution < -0.4 is 10.6 Å². The van der Waals surface area contributed by atoms with Gasteiger partial charge in [-0.05, 0) is 49.9 Å². The Kier molecular flexibility index (Phi) is 6.35. The molecule has 0 saturated heterocycles. The molecule has 33 heavy (non-hydrogen) atoms. The van der Waals surface area contributed by atoms with Crippen molar-refractivity contribution in [3.05, 3.63) is 74.4 Å². The van der Waals surface area contributed by atoms with Gasteiger partial charge in [0.05, 0.1) is 28.8 Å². The highest BCUT2D eigenvalue weighted by atomic mass is 32.1. The van der Waals surface area contributed by atoms with Crippen LogP contribution in [0.4, 0.5) is 18.9 Å². The summed E-state index contributed by atoms with van der Waals surface area (Å²) < 4.78 is 41.5. The number of rotatable bonds is 5. The second-order valence-corrected chi connectivity index (χ2v) is 9.44. The molecule has 0 radical (unpaired) electrons. The quantitative estimate of drug-likeness (QED) is 0.547. The summed E-state index contributed by atoms with van der Waals surface area (Å²) in [5, 5.41) is 10.0. The van der Waals surface area contributed by atoms with E-state index in [2.05, 4.69) is 13.0 Å². The van der Waals surface area contributed by atoms with E-state index in [1.807, 2.05) is 12.1 Å². The molecule has 1 aromatic carbocycles. The van der Waals surface area contributed by atoms with Crippen LogP contribution >= 0.6 is 11.3 Å². The molecule has 172 valence electrons. The number of para-hydroxylation sites is 1. The number of benzene rings is 1. The molecule has 2 heterocycles. The highest BCUT2D eigenvalue weighted by Crippen LogP contribution is 2.49. The summed E-state index contributed by atoms with van der Waals surface area (Å²) in [6.45, 7) is 2.11. The molecule has 1 aromatic heterocycles. The van der Waals surface area contributed by atoms with Crippen molar-refractivity contribution < 1.29 is 18.0 Å². The number of ketones is 1. The molecule has 2 N–H and O–H groups in total. The van der Waals surface area contributed by atoms with Gasteiger partial charge in [0, 0.05) is 27.4 Å². The second-order valence-electron chi connectivity index (χ2n) is 8.24. The van der Waals surface area contributed by atoms with Gasteiger partial charge in [0.15, 0.2) is 5.78 Å². The first-order valence-electron chi connectivity index (χ1n) is 11.0. The lowest BCUT2D eigenvalue weighted by atomic mass is 9.78. The van der Waals surface area contributed by atoms with Gasteiger partial charge in [0.1, 0.15) is 5.82 Å². The minimum Gasteiger partial charge on any atom is -0.384 e. The van der Waals surface area contributed by atoms with Crippen LogP contribution in [0.3, 0.4) is 0 Å². The van der Waals surface area contributed by atoms with Gasteiger partial charge in [-0.2, -0.15) is 18.4 Å². The standard InChI is InChI=1S/C25H24F3N3OS/c1-2-3-7-15-12-13-21(33-15)22-16(14-29)24(30)31(19-10-6-11-20(32)23(19)22)18-9-5-4-8-17(18)25(26,27)28/h4-5,8-9,12-13,22H,2-3,6-7,10-11,30H2,1H3. The minimum atomic E-state index is -4.61. The number of carbonyl (C=O) groups is 1. The van der Waals surface area contributed by atoms with Gasteiger partial charge in [-0.3, -0.25) is 9.69 Å². The molecule has 1 atom stereocenters. The maximum Gasteiger partial charge on any atom is 0.418 e. The van der Waals surface area contributed by atoms with Crippen molar-refractivity contribution in [3.63, 3.8) is 0 Å². The first-order chi connectivity index (χ1) is 15.8. The van der Waals surface area contributed by atoms with E-state index < -0.39 is 17.7 Å². The Bertz CT molecular complexity index is 1190. The maximum atomic E-state index is 13.8. The van der Waals surface area contributed by atoms with Crippen molar-refractivity contribution >= 4 is 22.8 Å². The number of carbonyl (C=O) groups excluding carboxylic acids is 1. The number of nitrogens with two attached hydrogens (primary N) is 1. The normalized spacial score (nSPS) is 19.1. The number of allylic oxidation sites excluding steroid dienone is 3. The lowest BCUT2D eigenvalue weighted by molar-refractivity contribution is -0.137. The minimum absolute atomic E-state index is 0.0452. The third-order valence-electron chi connectivity index (χ3n) is 6.11. The van der Waals surface area contributed by atoms with Crippen LogP contribution in [0.2, 0.25) is 0 Å². The number of nitrogens with zero attached hydrogens (tertiary/aromatic N) is 2. The first kappa shape index (κ1) is 23.1. The number of unbranched alkanes of at least 4 members (excludes halogenated alkanes) is 1. The van der Waals surface area contributed by atoms with E-state index in [1.165, 1.54) is 34.4 Å². The van der Waals surface area contributed by atoms with Crippen molar-refractivity contribution in [2.45, 2.75) is 57.5 Å². The number of thiophene rings is 1. The van der Waals surface area contributed by atoms with Crippen LogP contribution in [0.15, 0.2) is 59.1 Å². The highest BCUT2D eigenvalue weighted by molar-refractivity contribution is 7.12. The number of hydrogen-bond acceptors (Lipinski definition) is 5. The fourth-order valence-corrected chi connectivity index (χ4v) is 5.76. The first-order valence-corrected chi connectivity index (χ1v) is 11.8. The summed E-state index contributed by atoms with van der Waals surface area (Å²) in [6.07, 6.45) is -0.386. The molecule has 0 fully saturated rings. The van der Waals surface area contributed by atoms with E-state index >= 15 is 0 Å². The van der Waals surface area contributed by atoms with Crippen LogP contribution in [0, 0.1) is 11.3 Å². The molecular formula is C25H24F3N3OS. The molecule has 0 saturated carbocycles. The fraction of sp³-hybridized carbons (Fsp3) is 0.360. The molecule has 1 aliphatic heterocycles. The molecule has 0 spiro atoms. The van der Waals surface area contributed by atoms with Crippen molar-refractivity contribution in [3.8, 4) is 6.07 Å². The van der Waals surface area contributed by atoms with E-state index in [0.717, 1.165) is 35.1 Å². The molecule has 1 unspecified atom stereocenters. The second kappa shape index (κ2) is 9.06. The predicted octanol–water partition coefficient (Wildman–Crippen LogP) is 6.41. The summed E-state index contributed by atoms with van der Waals surface area (Å²) in [5.41, 5.74) is 6.38.